The molecule has 0 aromatic heterocycles. The summed E-state index contributed by atoms with van der Waals surface area (Å²) in [7, 11) is 3.04. The zero-order valence-electron chi connectivity index (χ0n) is 9.56. The van der Waals surface area contributed by atoms with Gasteiger partial charge in [-0.2, -0.15) is 0 Å². The maximum Gasteiger partial charge on any atom is 0.186 e. The second-order valence-electron chi connectivity index (χ2n) is 3.49. The minimum Gasteiger partial charge on any atom is -0.493 e. The Bertz CT molecular complexity index is 436. The summed E-state index contributed by atoms with van der Waals surface area (Å²) in [5.41, 5.74) is 6.05. The fraction of sp³-hybridized carbons (Fsp3) is 0.364. The molecule has 94 valence electrons. The van der Waals surface area contributed by atoms with E-state index in [0.717, 1.165) is 0 Å². The molecule has 5 nitrogen and oxygen atoms in total. The van der Waals surface area contributed by atoms with Crippen LogP contribution in [0.4, 0.5) is 0 Å². The summed E-state index contributed by atoms with van der Waals surface area (Å²) in [6.45, 7) is 0.196. The van der Waals surface area contributed by atoms with Crippen LogP contribution in [0.15, 0.2) is 12.1 Å². The largest absolute Gasteiger partial charge is 0.493 e. The van der Waals surface area contributed by atoms with E-state index in [-0.39, 0.29) is 24.8 Å². The maximum atomic E-state index is 11.8. The van der Waals surface area contributed by atoms with E-state index < -0.39 is 6.04 Å². The molecule has 0 saturated carbocycles. The molecule has 1 atom stereocenters. The molecule has 0 radical (unpaired) electrons. The van der Waals surface area contributed by atoms with Crippen LogP contribution >= 0.6 is 12.4 Å². The summed E-state index contributed by atoms with van der Waals surface area (Å²) in [6.07, 6.45) is 0. The lowest BCUT2D eigenvalue weighted by Gasteiger charge is -2.22. The minimum atomic E-state index is -0.606. The van der Waals surface area contributed by atoms with Gasteiger partial charge >= 0.3 is 0 Å². The summed E-state index contributed by atoms with van der Waals surface area (Å²) >= 11 is 0. The third kappa shape index (κ3) is 2.30. The number of ketones is 1. The Morgan fingerprint density at radius 1 is 1.29 bits per heavy atom. The van der Waals surface area contributed by atoms with Crippen molar-refractivity contribution >= 4 is 18.2 Å². The van der Waals surface area contributed by atoms with E-state index in [4.69, 9.17) is 19.9 Å². The van der Waals surface area contributed by atoms with Gasteiger partial charge in [0.1, 0.15) is 18.4 Å². The average molecular weight is 260 g/mol. The van der Waals surface area contributed by atoms with Gasteiger partial charge < -0.3 is 19.9 Å². The molecule has 0 spiro atoms. The lowest BCUT2D eigenvalue weighted by molar-refractivity contribution is 0.0899. The van der Waals surface area contributed by atoms with Crippen molar-refractivity contribution in [3.05, 3.63) is 17.7 Å². The molecular weight excluding hydrogens is 246 g/mol. The Hall–Kier alpha value is -1.46. The number of carbonyl (C=O) groups is 1. The number of nitrogens with two attached hydrogens (primary N) is 1. The molecule has 2 N–H and O–H groups in total. The highest BCUT2D eigenvalue weighted by atomic mass is 35.5. The fourth-order valence-electron chi connectivity index (χ4n) is 1.63. The molecule has 1 heterocycles. The van der Waals surface area contributed by atoms with Gasteiger partial charge in [0.25, 0.3) is 0 Å². The first-order chi connectivity index (χ1) is 7.67. The second kappa shape index (κ2) is 5.25. The highest BCUT2D eigenvalue weighted by Gasteiger charge is 2.27. The SMILES string of the molecule is COc1cc2c(cc1OC)C(=O)C(N)CO2.Cl. The lowest BCUT2D eigenvalue weighted by Crippen LogP contribution is -2.40. The molecular formula is C11H14ClNO4. The van der Waals surface area contributed by atoms with Gasteiger partial charge in [-0.25, -0.2) is 0 Å². The highest BCUT2D eigenvalue weighted by molar-refractivity contribution is 6.03. The Kier molecular flexibility index (Phi) is 4.20. The predicted octanol–water partition coefficient (Wildman–Crippen LogP) is 1.03. The number of benzene rings is 1. The third-order valence-corrected chi connectivity index (χ3v) is 2.51. The van der Waals surface area contributed by atoms with Gasteiger partial charge in [0.05, 0.1) is 19.8 Å². The van der Waals surface area contributed by atoms with Crippen molar-refractivity contribution < 1.29 is 19.0 Å². The van der Waals surface area contributed by atoms with Crippen LogP contribution in [0.25, 0.3) is 0 Å². The van der Waals surface area contributed by atoms with E-state index in [2.05, 4.69) is 0 Å². The van der Waals surface area contributed by atoms with Crippen LogP contribution in [0.3, 0.4) is 0 Å². The smallest absolute Gasteiger partial charge is 0.186 e. The molecule has 0 fully saturated rings. The summed E-state index contributed by atoms with van der Waals surface area (Å²) in [4.78, 5) is 11.8. The first-order valence-electron chi connectivity index (χ1n) is 4.86. The van der Waals surface area contributed by atoms with Crippen molar-refractivity contribution in [1.82, 2.24) is 0 Å². The van der Waals surface area contributed by atoms with Crippen LogP contribution in [-0.4, -0.2) is 32.7 Å². The van der Waals surface area contributed by atoms with Gasteiger partial charge in [-0.1, -0.05) is 0 Å². The predicted molar refractivity (Wildman–Crippen MR) is 64.6 cm³/mol. The van der Waals surface area contributed by atoms with E-state index in [1.807, 2.05) is 0 Å². The van der Waals surface area contributed by atoms with Crippen LogP contribution in [0.1, 0.15) is 10.4 Å². The molecule has 0 aliphatic carbocycles. The number of methoxy groups -OCH3 is 2. The molecule has 1 aromatic carbocycles. The number of Topliss-reactive ketones (excluding diaryl/α,β-unsaturated/α-hetero) is 1. The minimum absolute atomic E-state index is 0. The molecule has 0 saturated heterocycles. The summed E-state index contributed by atoms with van der Waals surface area (Å²) in [6, 6.07) is 2.62. The van der Waals surface area contributed by atoms with Gasteiger partial charge in [0.2, 0.25) is 0 Å². The van der Waals surface area contributed by atoms with Crippen LogP contribution in [0, 0.1) is 0 Å². The topological polar surface area (TPSA) is 70.8 Å². The van der Waals surface area contributed by atoms with Crippen molar-refractivity contribution in [2.24, 2.45) is 5.73 Å². The maximum absolute atomic E-state index is 11.8. The van der Waals surface area contributed by atoms with E-state index in [1.54, 1.807) is 12.1 Å². The third-order valence-electron chi connectivity index (χ3n) is 2.51. The number of rotatable bonds is 2. The van der Waals surface area contributed by atoms with Gasteiger partial charge in [-0.05, 0) is 6.07 Å². The Morgan fingerprint density at radius 2 is 1.88 bits per heavy atom. The molecule has 1 aliphatic heterocycles. The van der Waals surface area contributed by atoms with E-state index >= 15 is 0 Å². The summed E-state index contributed by atoms with van der Waals surface area (Å²) in [5, 5.41) is 0. The van der Waals surface area contributed by atoms with Crippen LogP contribution in [0.2, 0.25) is 0 Å². The van der Waals surface area contributed by atoms with E-state index in [1.165, 1.54) is 14.2 Å². The Balaban J connectivity index is 0.00000144. The van der Waals surface area contributed by atoms with Crippen molar-refractivity contribution in [2.45, 2.75) is 6.04 Å². The average Bonchev–Trinajstić information content (AvgIpc) is 2.32. The number of halogens is 1. The quantitative estimate of drug-likeness (QED) is 0.859. The van der Waals surface area contributed by atoms with Crippen molar-refractivity contribution in [2.75, 3.05) is 20.8 Å². The number of carbonyl (C=O) groups excluding carboxylic acids is 1. The standard InChI is InChI=1S/C11H13NO4.ClH/c1-14-9-3-6-8(4-10(9)15-2)16-5-7(12)11(6)13;/h3-4,7H,5,12H2,1-2H3;1H. The monoisotopic (exact) mass is 259 g/mol. The fourth-order valence-corrected chi connectivity index (χ4v) is 1.63. The zero-order valence-corrected chi connectivity index (χ0v) is 10.4. The van der Waals surface area contributed by atoms with Crippen molar-refractivity contribution in [3.63, 3.8) is 0 Å². The molecule has 1 aromatic rings. The van der Waals surface area contributed by atoms with Crippen LogP contribution in [0.5, 0.6) is 17.2 Å². The number of hydrogen-bond donors (Lipinski definition) is 1. The molecule has 17 heavy (non-hydrogen) atoms. The second-order valence-corrected chi connectivity index (χ2v) is 3.49. The van der Waals surface area contributed by atoms with Gasteiger partial charge in [0.15, 0.2) is 17.3 Å². The molecule has 2 rings (SSSR count). The van der Waals surface area contributed by atoms with Gasteiger partial charge in [0, 0.05) is 6.07 Å². The van der Waals surface area contributed by atoms with Crippen LogP contribution in [-0.2, 0) is 0 Å². The van der Waals surface area contributed by atoms with Gasteiger partial charge in [-0.3, -0.25) is 4.79 Å². The number of hydrogen-bond acceptors (Lipinski definition) is 5. The number of ether oxygens (including phenoxy) is 3. The summed E-state index contributed by atoms with van der Waals surface area (Å²) < 4.78 is 15.6. The number of fused-ring (bicyclic) bond motifs is 1. The molecule has 1 unspecified atom stereocenters. The molecule has 1 aliphatic rings. The normalized spacial score (nSPS) is 17.6. The van der Waals surface area contributed by atoms with E-state index in [0.29, 0.717) is 22.8 Å². The first-order valence-corrected chi connectivity index (χ1v) is 4.86. The summed E-state index contributed by atoms with van der Waals surface area (Å²) in [5.74, 6) is 1.38. The Labute approximate surface area is 105 Å². The molecule has 0 bridgehead atoms. The van der Waals surface area contributed by atoms with E-state index in [9.17, 15) is 4.79 Å². The van der Waals surface area contributed by atoms with Crippen LogP contribution < -0.4 is 19.9 Å². The lowest BCUT2D eigenvalue weighted by atomic mass is 10.0. The van der Waals surface area contributed by atoms with Crippen molar-refractivity contribution in [3.8, 4) is 17.2 Å². The van der Waals surface area contributed by atoms with Crippen molar-refractivity contribution in [1.29, 1.82) is 0 Å². The zero-order chi connectivity index (χ0) is 11.7. The molecule has 6 heteroatoms. The first kappa shape index (κ1) is 13.6. The molecule has 0 amide bonds. The highest BCUT2D eigenvalue weighted by Crippen LogP contribution is 2.36. The van der Waals surface area contributed by atoms with Gasteiger partial charge in [-0.15, -0.1) is 12.4 Å². The Morgan fingerprint density at radius 3 is 2.47 bits per heavy atom.